The van der Waals surface area contributed by atoms with E-state index in [-0.39, 0.29) is 30.4 Å². The van der Waals surface area contributed by atoms with Crippen LogP contribution in [0.2, 0.25) is 0 Å². The van der Waals surface area contributed by atoms with Crippen molar-refractivity contribution in [1.82, 2.24) is 5.32 Å². The van der Waals surface area contributed by atoms with Crippen molar-refractivity contribution in [1.29, 1.82) is 0 Å². The Labute approximate surface area is 166 Å². The third-order valence-electron chi connectivity index (χ3n) is 6.88. The predicted octanol–water partition coefficient (Wildman–Crippen LogP) is 2.94. The summed E-state index contributed by atoms with van der Waals surface area (Å²) in [5, 5.41) is 2.99. The molecule has 6 nitrogen and oxygen atoms in total. The largest absolute Gasteiger partial charge is 0.359 e. The summed E-state index contributed by atoms with van der Waals surface area (Å²) in [5.74, 6) is -0.995. The first kappa shape index (κ1) is 21.2. The predicted molar refractivity (Wildman–Crippen MR) is 107 cm³/mol. The minimum absolute atomic E-state index is 0.0160. The van der Waals surface area contributed by atoms with Crippen LogP contribution in [0.25, 0.3) is 0 Å². The van der Waals surface area contributed by atoms with E-state index in [2.05, 4.69) is 5.32 Å². The fraction of sp³-hybridized carbons (Fsp3) is 0.619. The highest BCUT2D eigenvalue weighted by atomic mass is 31.1. The molecule has 1 amide bonds. The average molecular weight is 407 g/mol. The molecular formula is C21H30NO5P. The molecule has 1 heterocycles. The molecule has 1 aliphatic carbocycles. The second-order valence-electron chi connectivity index (χ2n) is 8.64. The van der Waals surface area contributed by atoms with Gasteiger partial charge in [-0.1, -0.05) is 58.0 Å². The molecule has 1 aromatic rings. The second-order valence-corrected chi connectivity index (χ2v) is 9.93. The summed E-state index contributed by atoms with van der Waals surface area (Å²) in [6.07, 6.45) is 1.02. The fourth-order valence-corrected chi connectivity index (χ4v) is 5.62. The van der Waals surface area contributed by atoms with Crippen LogP contribution in [-0.2, 0) is 25.5 Å². The Balaban J connectivity index is 1.85. The monoisotopic (exact) mass is 407 g/mol. The summed E-state index contributed by atoms with van der Waals surface area (Å²) in [6.45, 7) is 7.83. The summed E-state index contributed by atoms with van der Waals surface area (Å²) in [4.78, 5) is 36.0. The van der Waals surface area contributed by atoms with Gasteiger partial charge in [-0.2, -0.15) is 0 Å². The lowest BCUT2D eigenvalue weighted by molar-refractivity contribution is -0.155. The van der Waals surface area contributed by atoms with Crippen molar-refractivity contribution in [2.24, 2.45) is 17.3 Å². The number of hydrogen-bond donors (Lipinski definition) is 2. The first-order chi connectivity index (χ1) is 13.1. The number of carbonyl (C=O) groups is 2. The number of fused-ring (bicyclic) bond motifs is 1. The van der Waals surface area contributed by atoms with Crippen LogP contribution in [0.4, 0.5) is 0 Å². The number of hydrogen-bond acceptors (Lipinski definition) is 4. The van der Waals surface area contributed by atoms with Gasteiger partial charge >= 0.3 is 0 Å². The van der Waals surface area contributed by atoms with Gasteiger partial charge in [-0.25, -0.2) is 0 Å². The van der Waals surface area contributed by atoms with Crippen molar-refractivity contribution in [2.75, 3.05) is 6.16 Å². The molecule has 2 fully saturated rings. The van der Waals surface area contributed by atoms with Gasteiger partial charge in [0.1, 0.15) is 5.54 Å². The number of ether oxygens (including phenoxy) is 1. The summed E-state index contributed by atoms with van der Waals surface area (Å²) in [5.41, 5.74) is -1.80. The summed E-state index contributed by atoms with van der Waals surface area (Å²) < 4.78 is 17.3. The molecule has 1 saturated carbocycles. The van der Waals surface area contributed by atoms with E-state index in [1.807, 2.05) is 58.0 Å². The Morgan fingerprint density at radius 1 is 1.25 bits per heavy atom. The zero-order chi connectivity index (χ0) is 20.7. The van der Waals surface area contributed by atoms with Crippen LogP contribution in [0, 0.1) is 17.3 Å². The average Bonchev–Trinajstić information content (AvgIpc) is 3.18. The highest BCUT2D eigenvalue weighted by Crippen LogP contribution is 2.68. The number of piperidine rings is 1. The SMILES string of the molecule is CCC1(C(C)CC[PH](=O)O)NC(=O)C2(OCc3ccccc3)C(C1=O)C2(C)C. The van der Waals surface area contributed by atoms with E-state index < -0.39 is 30.5 Å². The van der Waals surface area contributed by atoms with Gasteiger partial charge in [-0.3, -0.25) is 14.2 Å². The van der Waals surface area contributed by atoms with Crippen LogP contribution in [0.3, 0.4) is 0 Å². The normalized spacial score (nSPS) is 33.0. The Bertz CT molecular complexity index is 795. The van der Waals surface area contributed by atoms with E-state index in [0.717, 1.165) is 5.56 Å². The molecule has 5 atom stereocenters. The molecule has 1 aromatic carbocycles. The molecule has 28 heavy (non-hydrogen) atoms. The third kappa shape index (κ3) is 3.06. The van der Waals surface area contributed by atoms with Crippen molar-refractivity contribution < 1.29 is 23.8 Å². The number of rotatable bonds is 8. The fourth-order valence-electron chi connectivity index (χ4n) is 4.94. The Morgan fingerprint density at radius 3 is 2.46 bits per heavy atom. The molecule has 154 valence electrons. The molecule has 2 aliphatic rings. The summed E-state index contributed by atoms with van der Waals surface area (Å²) >= 11 is 0. The maximum absolute atomic E-state index is 13.6. The second kappa shape index (κ2) is 7.40. The van der Waals surface area contributed by atoms with Gasteiger partial charge < -0.3 is 14.9 Å². The minimum Gasteiger partial charge on any atom is -0.359 e. The molecule has 0 radical (unpaired) electrons. The highest BCUT2D eigenvalue weighted by molar-refractivity contribution is 7.37. The number of carbonyl (C=O) groups excluding carboxylic acids is 2. The van der Waals surface area contributed by atoms with Crippen molar-refractivity contribution in [2.45, 2.75) is 58.3 Å². The van der Waals surface area contributed by atoms with Crippen molar-refractivity contribution in [3.05, 3.63) is 35.9 Å². The molecule has 3 rings (SSSR count). The quantitative estimate of drug-likeness (QED) is 0.647. The number of benzene rings is 1. The number of amides is 1. The number of ketones is 1. The summed E-state index contributed by atoms with van der Waals surface area (Å²) in [7, 11) is -2.61. The molecule has 5 unspecified atom stereocenters. The molecule has 0 bridgehead atoms. The first-order valence-corrected chi connectivity index (χ1v) is 11.5. The van der Waals surface area contributed by atoms with Gasteiger partial charge in [0, 0.05) is 11.6 Å². The van der Waals surface area contributed by atoms with Crippen LogP contribution in [0.5, 0.6) is 0 Å². The van der Waals surface area contributed by atoms with E-state index >= 15 is 0 Å². The zero-order valence-electron chi connectivity index (χ0n) is 17.0. The van der Waals surface area contributed by atoms with Gasteiger partial charge in [-0.15, -0.1) is 0 Å². The van der Waals surface area contributed by atoms with Gasteiger partial charge in [0.05, 0.1) is 12.5 Å². The minimum atomic E-state index is -2.61. The standard InChI is InChI=1S/C21H30NO5P/c1-5-20(14(2)11-12-28(25)26)17(23)16-19(3,4)21(16,18(24)22-20)27-13-15-9-7-6-8-10-15/h6-10,14,16,28H,5,11-13H2,1-4H3,(H,22,24)(H,25,26). The maximum Gasteiger partial charge on any atom is 0.254 e. The Kier molecular flexibility index (Phi) is 5.61. The van der Waals surface area contributed by atoms with E-state index in [0.29, 0.717) is 12.8 Å². The summed E-state index contributed by atoms with van der Waals surface area (Å²) in [6, 6.07) is 9.60. The Morgan fingerprint density at radius 2 is 1.89 bits per heavy atom. The van der Waals surface area contributed by atoms with E-state index in [4.69, 9.17) is 4.74 Å². The van der Waals surface area contributed by atoms with Gasteiger partial charge in [0.2, 0.25) is 0 Å². The molecule has 1 aliphatic heterocycles. The smallest absolute Gasteiger partial charge is 0.254 e. The topological polar surface area (TPSA) is 92.7 Å². The molecule has 2 N–H and O–H groups in total. The lowest BCUT2D eigenvalue weighted by Crippen LogP contribution is -2.66. The Hall–Kier alpha value is -1.49. The molecule has 1 saturated heterocycles. The number of nitrogens with one attached hydrogen (secondary N) is 1. The maximum atomic E-state index is 13.6. The molecule has 0 aromatic heterocycles. The van der Waals surface area contributed by atoms with Crippen molar-refractivity contribution >= 4 is 19.7 Å². The third-order valence-corrected chi connectivity index (χ3v) is 7.59. The molecule has 0 spiro atoms. The highest BCUT2D eigenvalue weighted by Gasteiger charge is 2.84. The lowest BCUT2D eigenvalue weighted by atomic mass is 9.73. The van der Waals surface area contributed by atoms with Crippen LogP contribution in [0.15, 0.2) is 30.3 Å². The lowest BCUT2D eigenvalue weighted by Gasteiger charge is -2.42. The van der Waals surface area contributed by atoms with Crippen molar-refractivity contribution in [3.63, 3.8) is 0 Å². The van der Waals surface area contributed by atoms with E-state index in [9.17, 15) is 19.0 Å². The van der Waals surface area contributed by atoms with Crippen LogP contribution in [0.1, 0.15) is 46.1 Å². The van der Waals surface area contributed by atoms with Crippen LogP contribution < -0.4 is 5.32 Å². The molecule has 7 heteroatoms. The van der Waals surface area contributed by atoms with Crippen LogP contribution in [-0.4, -0.2) is 33.9 Å². The zero-order valence-corrected chi connectivity index (χ0v) is 18.0. The van der Waals surface area contributed by atoms with Crippen molar-refractivity contribution in [3.8, 4) is 0 Å². The van der Waals surface area contributed by atoms with Gasteiger partial charge in [0.15, 0.2) is 19.4 Å². The number of Topliss-reactive ketones (excluding diaryl/α,β-unsaturated/α-hetero) is 1. The van der Waals surface area contributed by atoms with Gasteiger partial charge in [-0.05, 0) is 24.3 Å². The van der Waals surface area contributed by atoms with Gasteiger partial charge in [0.25, 0.3) is 5.91 Å². The first-order valence-electron chi connectivity index (χ1n) is 9.90. The van der Waals surface area contributed by atoms with E-state index in [1.165, 1.54) is 0 Å². The van der Waals surface area contributed by atoms with E-state index in [1.54, 1.807) is 0 Å². The molecular weight excluding hydrogens is 377 g/mol. The van der Waals surface area contributed by atoms with Crippen LogP contribution >= 0.6 is 8.03 Å².